The molecule has 0 saturated carbocycles. The Balaban J connectivity index is 1.55. The van der Waals surface area contributed by atoms with Gasteiger partial charge in [-0.15, -0.1) is 0 Å². The number of benzene rings is 1. The largest absolute Gasteiger partial charge is 0.497 e. The maximum atomic E-state index is 12.2. The predicted octanol–water partition coefficient (Wildman–Crippen LogP) is 2.84. The van der Waals surface area contributed by atoms with E-state index in [4.69, 9.17) is 13.9 Å². The van der Waals surface area contributed by atoms with E-state index in [1.807, 2.05) is 38.4 Å². The first-order chi connectivity index (χ1) is 12.5. The summed E-state index contributed by atoms with van der Waals surface area (Å²) >= 11 is 0. The van der Waals surface area contributed by atoms with Crippen LogP contribution in [0.2, 0.25) is 0 Å². The quantitative estimate of drug-likeness (QED) is 0.705. The molecule has 0 aliphatic rings. The van der Waals surface area contributed by atoms with Crippen molar-refractivity contribution in [2.75, 3.05) is 7.11 Å². The van der Waals surface area contributed by atoms with Crippen LogP contribution in [0.3, 0.4) is 0 Å². The van der Waals surface area contributed by atoms with Crippen molar-refractivity contribution >= 4 is 5.91 Å². The van der Waals surface area contributed by atoms with Gasteiger partial charge in [-0.2, -0.15) is 5.10 Å². The number of ether oxygens (including phenoxy) is 2. The van der Waals surface area contributed by atoms with Crippen LogP contribution >= 0.6 is 0 Å². The first-order valence-electron chi connectivity index (χ1n) is 8.18. The number of aryl methyl sites for hydroxylation is 2. The molecular formula is C19H21N3O4. The van der Waals surface area contributed by atoms with Crippen LogP contribution in [0.15, 0.2) is 47.0 Å². The van der Waals surface area contributed by atoms with Crippen molar-refractivity contribution in [3.63, 3.8) is 0 Å². The monoisotopic (exact) mass is 355 g/mol. The molecular weight excluding hydrogens is 334 g/mol. The maximum Gasteiger partial charge on any atom is 0.287 e. The Kier molecular flexibility index (Phi) is 5.26. The molecule has 136 valence electrons. The Morgan fingerprint density at radius 1 is 1.27 bits per heavy atom. The van der Waals surface area contributed by atoms with E-state index in [9.17, 15) is 4.79 Å². The molecule has 0 aliphatic heterocycles. The minimum Gasteiger partial charge on any atom is -0.497 e. The number of hydrogen-bond acceptors (Lipinski definition) is 5. The fourth-order valence-electron chi connectivity index (χ4n) is 2.51. The summed E-state index contributed by atoms with van der Waals surface area (Å²) in [6.45, 7) is 2.53. The van der Waals surface area contributed by atoms with Crippen LogP contribution in [0.5, 0.6) is 11.5 Å². The molecule has 0 atom stereocenters. The van der Waals surface area contributed by atoms with E-state index in [2.05, 4.69) is 10.4 Å². The third-order valence-electron chi connectivity index (χ3n) is 3.86. The number of nitrogens with zero attached hydrogens (tertiary/aromatic N) is 2. The second kappa shape index (κ2) is 7.77. The number of carbonyl (C=O) groups is 1. The van der Waals surface area contributed by atoms with Gasteiger partial charge in [0.25, 0.3) is 5.91 Å². The fraction of sp³-hybridized carbons (Fsp3) is 0.263. The highest BCUT2D eigenvalue weighted by molar-refractivity contribution is 5.91. The Bertz CT molecular complexity index is 898. The van der Waals surface area contributed by atoms with Crippen molar-refractivity contribution in [1.29, 1.82) is 0 Å². The molecule has 2 heterocycles. The van der Waals surface area contributed by atoms with Gasteiger partial charge in [-0.25, -0.2) is 0 Å². The van der Waals surface area contributed by atoms with E-state index in [1.54, 1.807) is 30.0 Å². The SMILES string of the molecule is COc1cccc(OCc2ccc(C(=O)NCc3cn(C)nc3C)o2)c1. The molecule has 1 N–H and O–H groups in total. The normalized spacial score (nSPS) is 10.6. The summed E-state index contributed by atoms with van der Waals surface area (Å²) < 4.78 is 18.1. The Hall–Kier alpha value is -3.22. The number of nitrogens with one attached hydrogen (secondary N) is 1. The third-order valence-corrected chi connectivity index (χ3v) is 3.86. The van der Waals surface area contributed by atoms with Crippen LogP contribution in [-0.2, 0) is 20.2 Å². The number of rotatable bonds is 7. The standard InChI is InChI=1S/C19H21N3O4/c1-13-14(11-22(2)21-13)10-20-19(23)18-8-7-17(26-18)12-25-16-6-4-5-15(9-16)24-3/h4-9,11H,10,12H2,1-3H3,(H,20,23). The lowest BCUT2D eigenvalue weighted by Gasteiger charge is -2.06. The first kappa shape index (κ1) is 17.6. The van der Waals surface area contributed by atoms with Gasteiger partial charge in [-0.05, 0) is 31.2 Å². The Morgan fingerprint density at radius 2 is 2.08 bits per heavy atom. The van der Waals surface area contributed by atoms with Gasteiger partial charge in [0.1, 0.15) is 23.9 Å². The molecule has 7 heteroatoms. The van der Waals surface area contributed by atoms with Gasteiger partial charge in [-0.3, -0.25) is 9.48 Å². The van der Waals surface area contributed by atoms with Crippen molar-refractivity contribution in [3.8, 4) is 11.5 Å². The number of furan rings is 1. The number of amides is 1. The average Bonchev–Trinajstić information content (AvgIpc) is 3.24. The number of carbonyl (C=O) groups excluding carboxylic acids is 1. The molecule has 1 aromatic carbocycles. The van der Waals surface area contributed by atoms with Crippen molar-refractivity contribution in [1.82, 2.24) is 15.1 Å². The van der Waals surface area contributed by atoms with Gasteiger partial charge in [0.2, 0.25) is 0 Å². The van der Waals surface area contributed by atoms with Gasteiger partial charge in [0, 0.05) is 31.4 Å². The average molecular weight is 355 g/mol. The van der Waals surface area contributed by atoms with Crippen LogP contribution in [0.4, 0.5) is 0 Å². The van der Waals surface area contributed by atoms with Crippen molar-refractivity contribution in [3.05, 3.63) is 65.4 Å². The molecule has 0 spiro atoms. The molecule has 0 fully saturated rings. The van der Waals surface area contributed by atoms with Crippen LogP contribution in [0.25, 0.3) is 0 Å². The Labute approximate surface area is 151 Å². The number of methoxy groups -OCH3 is 1. The number of hydrogen-bond donors (Lipinski definition) is 1. The van der Waals surface area contributed by atoms with E-state index in [-0.39, 0.29) is 18.3 Å². The molecule has 2 aromatic heterocycles. The summed E-state index contributed by atoms with van der Waals surface area (Å²) in [6, 6.07) is 10.7. The van der Waals surface area contributed by atoms with Crippen LogP contribution in [0.1, 0.15) is 27.6 Å². The summed E-state index contributed by atoms with van der Waals surface area (Å²) in [5.41, 5.74) is 1.86. The van der Waals surface area contributed by atoms with Gasteiger partial charge in [-0.1, -0.05) is 6.07 Å². The van der Waals surface area contributed by atoms with Crippen LogP contribution in [0, 0.1) is 6.92 Å². The van der Waals surface area contributed by atoms with Crippen molar-refractivity contribution in [2.45, 2.75) is 20.1 Å². The molecule has 7 nitrogen and oxygen atoms in total. The molecule has 0 aliphatic carbocycles. The molecule has 3 rings (SSSR count). The highest BCUT2D eigenvalue weighted by Gasteiger charge is 2.13. The second-order valence-corrected chi connectivity index (χ2v) is 5.83. The fourth-order valence-corrected chi connectivity index (χ4v) is 2.51. The zero-order valence-corrected chi connectivity index (χ0v) is 15.0. The lowest BCUT2D eigenvalue weighted by Crippen LogP contribution is -2.22. The van der Waals surface area contributed by atoms with E-state index >= 15 is 0 Å². The van der Waals surface area contributed by atoms with Gasteiger partial charge in [0.05, 0.1) is 12.8 Å². The van der Waals surface area contributed by atoms with Crippen LogP contribution < -0.4 is 14.8 Å². The molecule has 0 unspecified atom stereocenters. The van der Waals surface area contributed by atoms with Gasteiger partial charge < -0.3 is 19.2 Å². The van der Waals surface area contributed by atoms with Crippen molar-refractivity contribution < 1.29 is 18.7 Å². The first-order valence-corrected chi connectivity index (χ1v) is 8.18. The summed E-state index contributed by atoms with van der Waals surface area (Å²) in [4.78, 5) is 12.2. The Morgan fingerprint density at radius 3 is 2.81 bits per heavy atom. The summed E-state index contributed by atoms with van der Waals surface area (Å²) in [5.74, 6) is 1.92. The minimum absolute atomic E-state index is 0.224. The zero-order chi connectivity index (χ0) is 18.5. The summed E-state index contributed by atoms with van der Waals surface area (Å²) in [7, 11) is 3.45. The predicted molar refractivity (Wildman–Crippen MR) is 95.1 cm³/mol. The van der Waals surface area contributed by atoms with E-state index in [1.165, 1.54) is 0 Å². The van der Waals surface area contributed by atoms with Crippen molar-refractivity contribution in [2.24, 2.45) is 7.05 Å². The molecule has 1 amide bonds. The maximum absolute atomic E-state index is 12.2. The highest BCUT2D eigenvalue weighted by Crippen LogP contribution is 2.20. The highest BCUT2D eigenvalue weighted by atomic mass is 16.5. The van der Waals surface area contributed by atoms with Gasteiger partial charge >= 0.3 is 0 Å². The lowest BCUT2D eigenvalue weighted by atomic mass is 10.2. The summed E-state index contributed by atoms with van der Waals surface area (Å²) in [6.07, 6.45) is 1.88. The molecule has 0 saturated heterocycles. The molecule has 3 aromatic rings. The minimum atomic E-state index is -0.277. The lowest BCUT2D eigenvalue weighted by molar-refractivity contribution is 0.0919. The van der Waals surface area contributed by atoms with E-state index < -0.39 is 0 Å². The zero-order valence-electron chi connectivity index (χ0n) is 15.0. The summed E-state index contributed by atoms with van der Waals surface area (Å²) in [5, 5.41) is 7.08. The third kappa shape index (κ3) is 4.24. The molecule has 0 bridgehead atoms. The second-order valence-electron chi connectivity index (χ2n) is 5.83. The number of aromatic nitrogens is 2. The topological polar surface area (TPSA) is 78.5 Å². The van der Waals surface area contributed by atoms with E-state index in [0.717, 1.165) is 11.3 Å². The van der Waals surface area contributed by atoms with Gasteiger partial charge in [0.15, 0.2) is 5.76 Å². The van der Waals surface area contributed by atoms with E-state index in [0.29, 0.717) is 23.8 Å². The molecule has 0 radical (unpaired) electrons. The molecule has 26 heavy (non-hydrogen) atoms. The van der Waals surface area contributed by atoms with Crippen LogP contribution in [-0.4, -0.2) is 22.8 Å². The smallest absolute Gasteiger partial charge is 0.287 e.